The van der Waals surface area contributed by atoms with Gasteiger partial charge in [-0.15, -0.1) is 0 Å². The van der Waals surface area contributed by atoms with Gasteiger partial charge in [-0.1, -0.05) is 12.1 Å². The van der Waals surface area contributed by atoms with Crippen molar-refractivity contribution in [2.24, 2.45) is 11.8 Å². The maximum absolute atomic E-state index is 13.1. The Labute approximate surface area is 286 Å². The Morgan fingerprint density at radius 2 is 1.24 bits per heavy atom. The summed E-state index contributed by atoms with van der Waals surface area (Å²) >= 11 is 0. The van der Waals surface area contributed by atoms with Crippen molar-refractivity contribution in [2.45, 2.75) is 76.2 Å². The fourth-order valence-electron chi connectivity index (χ4n) is 8.27. The van der Waals surface area contributed by atoms with Crippen LogP contribution >= 0.6 is 0 Å². The Hall–Kier alpha value is -5.52. The van der Waals surface area contributed by atoms with Crippen molar-refractivity contribution in [3.63, 3.8) is 0 Å². The van der Waals surface area contributed by atoms with Gasteiger partial charge >= 0.3 is 12.2 Å². The fourth-order valence-corrected chi connectivity index (χ4v) is 8.27. The summed E-state index contributed by atoms with van der Waals surface area (Å²) in [7, 11) is 0. The van der Waals surface area contributed by atoms with Gasteiger partial charge in [0, 0.05) is 23.2 Å². The summed E-state index contributed by atoms with van der Waals surface area (Å²) in [6, 6.07) is 20.0. The van der Waals surface area contributed by atoms with Crippen LogP contribution in [-0.2, 0) is 4.74 Å². The van der Waals surface area contributed by atoms with E-state index in [1.807, 2.05) is 80.3 Å². The number of H-pyrrole nitrogens is 2. The van der Waals surface area contributed by atoms with Gasteiger partial charge in [-0.2, -0.15) is 0 Å². The molecule has 2 saturated heterocycles. The number of aromatic amines is 2. The normalized spacial score (nSPS) is 25.3. The Morgan fingerprint density at radius 3 is 1.90 bits per heavy atom. The lowest BCUT2D eigenvalue weighted by Crippen LogP contribution is -2.38. The summed E-state index contributed by atoms with van der Waals surface area (Å²) in [6.45, 7) is 5.69. The fraction of sp³-hybridized carbons (Fsp3) is 0.368. The van der Waals surface area contributed by atoms with Gasteiger partial charge in [0.25, 0.3) is 0 Å². The number of hydrogen-bond donors (Lipinski definition) is 3. The molecule has 2 aromatic carbocycles. The molecule has 6 aromatic rings. The summed E-state index contributed by atoms with van der Waals surface area (Å²) in [4.78, 5) is 54.9. The van der Waals surface area contributed by atoms with Gasteiger partial charge in [-0.05, 0) is 107 Å². The first-order chi connectivity index (χ1) is 24.1. The van der Waals surface area contributed by atoms with Gasteiger partial charge in [0.15, 0.2) is 0 Å². The van der Waals surface area contributed by atoms with E-state index in [1.165, 1.54) is 0 Å². The highest BCUT2D eigenvalue weighted by molar-refractivity contribution is 5.86. The van der Waals surface area contributed by atoms with E-state index >= 15 is 0 Å². The average molecular weight is 669 g/mol. The largest absolute Gasteiger partial charge is 0.465 e. The molecule has 12 heteroatoms. The number of aromatic nitrogens is 6. The number of rotatable bonds is 4. The van der Waals surface area contributed by atoms with Crippen LogP contribution in [-0.4, -0.2) is 74.7 Å². The van der Waals surface area contributed by atoms with Gasteiger partial charge < -0.3 is 19.8 Å². The van der Waals surface area contributed by atoms with Crippen molar-refractivity contribution in [3.05, 3.63) is 72.3 Å². The standard InChI is InChI=1S/C38H36N8O4/c1-38(2,3)50-37(49)46-31-15-21(31)17-33(46)35-42-27-7-5-19(13-29(27)44-35)23-9-11-24-25(40-23)10-8-22(39-24)18-4-6-26-28(12-18)43-34(41-26)32-16-20-14-30(20)45(32)36(47)48/h4-13,20-21,30-33H,14-17H2,1-3H3,(H,41,43)(H,42,44)(H,47,48)/t20-,21+,30-,31-,32+,33+/m1/s1. The number of ether oxygens (including phenoxy) is 1. The van der Waals surface area contributed by atoms with Crippen LogP contribution < -0.4 is 0 Å². The molecule has 4 aliphatic rings. The van der Waals surface area contributed by atoms with Gasteiger partial charge in [0.05, 0.1) is 56.6 Å². The van der Waals surface area contributed by atoms with Gasteiger partial charge in [-0.3, -0.25) is 9.80 Å². The first-order valence-electron chi connectivity index (χ1n) is 17.4. The Bertz CT molecular complexity index is 2390. The number of likely N-dealkylation sites (tertiary alicyclic amines) is 2. The van der Waals surface area contributed by atoms with E-state index in [9.17, 15) is 14.7 Å². The number of nitrogens with zero attached hydrogens (tertiary/aromatic N) is 6. The lowest BCUT2D eigenvalue weighted by molar-refractivity contribution is 0.0175. The van der Waals surface area contributed by atoms with E-state index in [-0.39, 0.29) is 30.3 Å². The summed E-state index contributed by atoms with van der Waals surface area (Å²) < 4.78 is 5.75. The molecule has 12 nitrogen and oxygen atoms in total. The molecule has 50 heavy (non-hydrogen) atoms. The number of amides is 2. The second-order valence-electron chi connectivity index (χ2n) is 15.3. The van der Waals surface area contributed by atoms with Crippen molar-refractivity contribution in [1.82, 2.24) is 39.7 Å². The number of carbonyl (C=O) groups excluding carboxylic acids is 1. The number of piperidine rings is 2. The van der Waals surface area contributed by atoms with Crippen LogP contribution in [0.25, 0.3) is 55.6 Å². The SMILES string of the molecule is CC(C)(C)OC(=O)N1[C@@H]2C[C@H]2C[C@H]1c1nc2ccc(-c3ccc4nc(-c5ccc6[nH]c([C@@H]7C[C@H]8C[C@H]8N7C(=O)O)nc6c5)ccc4n3)cc2[nH]1. The van der Waals surface area contributed by atoms with Crippen molar-refractivity contribution in [3.8, 4) is 22.5 Å². The van der Waals surface area contributed by atoms with Crippen molar-refractivity contribution in [2.75, 3.05) is 0 Å². The zero-order valence-electron chi connectivity index (χ0n) is 27.9. The van der Waals surface area contributed by atoms with Crippen LogP contribution in [0.15, 0.2) is 60.7 Å². The predicted octanol–water partition coefficient (Wildman–Crippen LogP) is 7.60. The predicted molar refractivity (Wildman–Crippen MR) is 186 cm³/mol. The lowest BCUT2D eigenvalue weighted by atomic mass is 10.1. The molecule has 2 saturated carbocycles. The Kier molecular flexibility index (Phi) is 6.03. The highest BCUT2D eigenvalue weighted by Crippen LogP contribution is 2.54. The number of nitrogens with one attached hydrogen (secondary N) is 2. The third-order valence-electron chi connectivity index (χ3n) is 10.8. The van der Waals surface area contributed by atoms with E-state index in [0.29, 0.717) is 17.7 Å². The van der Waals surface area contributed by atoms with Crippen molar-refractivity contribution < 1.29 is 19.4 Å². The number of fused-ring (bicyclic) bond motifs is 5. The van der Waals surface area contributed by atoms with E-state index in [2.05, 4.69) is 16.0 Å². The molecule has 10 rings (SSSR count). The van der Waals surface area contributed by atoms with E-state index in [4.69, 9.17) is 24.7 Å². The second-order valence-corrected chi connectivity index (χ2v) is 15.3. The monoisotopic (exact) mass is 668 g/mol. The van der Waals surface area contributed by atoms with Gasteiger partial charge in [0.1, 0.15) is 17.2 Å². The number of carboxylic acid groups (broad SMARTS) is 1. The molecule has 2 aliphatic carbocycles. The highest BCUT2D eigenvalue weighted by Gasteiger charge is 2.57. The maximum Gasteiger partial charge on any atom is 0.411 e. The van der Waals surface area contributed by atoms with Crippen molar-refractivity contribution in [1.29, 1.82) is 0 Å². The Balaban J connectivity index is 0.902. The lowest BCUT2D eigenvalue weighted by Gasteiger charge is -2.29. The summed E-state index contributed by atoms with van der Waals surface area (Å²) in [5.74, 6) is 2.45. The third-order valence-corrected chi connectivity index (χ3v) is 10.8. The molecular weight excluding hydrogens is 632 g/mol. The molecule has 2 aliphatic heterocycles. The molecular formula is C38H36N8O4. The van der Waals surface area contributed by atoms with Crippen LogP contribution in [0.2, 0.25) is 0 Å². The molecule has 3 N–H and O–H groups in total. The first kappa shape index (κ1) is 29.4. The number of pyridine rings is 2. The van der Waals surface area contributed by atoms with Crippen LogP contribution in [0.1, 0.15) is 70.2 Å². The molecule has 6 heterocycles. The third kappa shape index (κ3) is 4.79. The zero-order valence-corrected chi connectivity index (χ0v) is 27.9. The number of imidazole rings is 2. The number of carbonyl (C=O) groups is 2. The number of benzene rings is 2. The second kappa shape index (κ2) is 10.3. The van der Waals surface area contributed by atoms with E-state index in [0.717, 1.165) is 87.1 Å². The first-order valence-corrected chi connectivity index (χ1v) is 17.4. The molecule has 2 amide bonds. The van der Waals surface area contributed by atoms with E-state index in [1.54, 1.807) is 4.90 Å². The van der Waals surface area contributed by atoms with Crippen LogP contribution in [0.4, 0.5) is 9.59 Å². The van der Waals surface area contributed by atoms with Crippen LogP contribution in [0, 0.1) is 11.8 Å². The van der Waals surface area contributed by atoms with Gasteiger partial charge in [0.2, 0.25) is 0 Å². The molecule has 0 unspecified atom stereocenters. The van der Waals surface area contributed by atoms with Crippen LogP contribution in [0.3, 0.4) is 0 Å². The quantitative estimate of drug-likeness (QED) is 0.174. The molecule has 6 atom stereocenters. The smallest absolute Gasteiger partial charge is 0.411 e. The van der Waals surface area contributed by atoms with E-state index < -0.39 is 11.7 Å². The zero-order chi connectivity index (χ0) is 34.1. The summed E-state index contributed by atoms with van der Waals surface area (Å²) in [5.41, 5.74) is 7.95. The summed E-state index contributed by atoms with van der Waals surface area (Å²) in [5, 5.41) is 9.77. The van der Waals surface area contributed by atoms with Gasteiger partial charge in [-0.25, -0.2) is 29.5 Å². The topological polar surface area (TPSA) is 153 Å². The van der Waals surface area contributed by atoms with Crippen LogP contribution in [0.5, 0.6) is 0 Å². The number of hydrogen-bond acceptors (Lipinski definition) is 7. The summed E-state index contributed by atoms with van der Waals surface area (Å²) in [6.07, 6.45) is 2.54. The minimum atomic E-state index is -0.877. The minimum Gasteiger partial charge on any atom is -0.465 e. The molecule has 0 spiro atoms. The highest BCUT2D eigenvalue weighted by atomic mass is 16.6. The molecule has 0 bridgehead atoms. The maximum atomic E-state index is 13.1. The molecule has 0 radical (unpaired) electrons. The Morgan fingerprint density at radius 1 is 0.680 bits per heavy atom. The molecule has 252 valence electrons. The molecule has 4 fully saturated rings. The van der Waals surface area contributed by atoms with Crippen molar-refractivity contribution >= 4 is 45.3 Å². The minimum absolute atomic E-state index is 0.126. The average Bonchev–Trinajstić information content (AvgIpc) is 3.74. The molecule has 4 aromatic heterocycles.